The zero-order valence-electron chi connectivity index (χ0n) is 24.4. The summed E-state index contributed by atoms with van der Waals surface area (Å²) in [7, 11) is 4.29. The van der Waals surface area contributed by atoms with Crippen LogP contribution in [0.2, 0.25) is 5.02 Å². The van der Waals surface area contributed by atoms with Crippen LogP contribution in [0.5, 0.6) is 5.75 Å². The Balaban J connectivity index is 1.54. The molecule has 3 N–H and O–H groups in total. The lowest BCUT2D eigenvalue weighted by molar-refractivity contribution is -0.119. The predicted octanol–water partition coefficient (Wildman–Crippen LogP) is 2.40. The summed E-state index contributed by atoms with van der Waals surface area (Å²) in [6.45, 7) is 1.00. The van der Waals surface area contributed by atoms with Gasteiger partial charge in [0.1, 0.15) is 16.9 Å². The average Bonchev–Trinajstić information content (AvgIpc) is 3.44. The van der Waals surface area contributed by atoms with Crippen LogP contribution in [-0.2, 0) is 31.0 Å². The number of methoxy groups -OCH3 is 1. The van der Waals surface area contributed by atoms with Crippen LogP contribution in [0.1, 0.15) is 40.0 Å². The van der Waals surface area contributed by atoms with Crippen molar-refractivity contribution in [3.8, 4) is 5.75 Å². The Bertz CT molecular complexity index is 1800. The van der Waals surface area contributed by atoms with Crippen LogP contribution in [-0.4, -0.2) is 51.0 Å². The number of alkyl halides is 1. The number of carbonyl (C=O) groups is 2. The second kappa shape index (κ2) is 12.8. The zero-order valence-corrected chi connectivity index (χ0v) is 25.9. The minimum Gasteiger partial charge on any atom is -0.496 e. The molecule has 0 saturated carbocycles. The first kappa shape index (κ1) is 31.2. The second-order valence-electron chi connectivity index (χ2n) is 10.8. The molecular weight excluding hydrogens is 607 g/mol. The third-order valence-corrected chi connectivity index (χ3v) is 8.79. The monoisotopic (exact) mass is 638 g/mol. The number of benzene rings is 1. The van der Waals surface area contributed by atoms with E-state index in [2.05, 4.69) is 16.0 Å². The van der Waals surface area contributed by atoms with Crippen LogP contribution < -0.4 is 31.9 Å². The third kappa shape index (κ3) is 5.95. The molecule has 2 aromatic heterocycles. The number of ether oxygens (including phenoxy) is 1. The van der Waals surface area contributed by atoms with Gasteiger partial charge >= 0.3 is 5.69 Å². The molecule has 11 nitrogen and oxygen atoms in total. The number of hydrogen-bond donors (Lipinski definition) is 3. The maximum Gasteiger partial charge on any atom is 0.330 e. The Labute approximate surface area is 263 Å². The summed E-state index contributed by atoms with van der Waals surface area (Å²) >= 11 is 13.8. The van der Waals surface area contributed by atoms with Crippen molar-refractivity contribution in [1.82, 2.24) is 30.1 Å². The van der Waals surface area contributed by atoms with Gasteiger partial charge in [-0.3, -0.25) is 23.9 Å². The van der Waals surface area contributed by atoms with Gasteiger partial charge in [-0.05, 0) is 23.6 Å². The number of aryl methyl sites for hydroxylation is 1. The molecule has 230 valence electrons. The number of pyridine rings is 1. The van der Waals surface area contributed by atoms with Gasteiger partial charge in [0.25, 0.3) is 11.5 Å². The number of amides is 2. The van der Waals surface area contributed by atoms with E-state index < -0.39 is 28.1 Å². The van der Waals surface area contributed by atoms with E-state index in [4.69, 9.17) is 32.9 Å². The molecule has 0 radical (unpaired) electrons. The summed E-state index contributed by atoms with van der Waals surface area (Å²) < 4.78 is 7.75. The minimum absolute atomic E-state index is 0.0460. The van der Waals surface area contributed by atoms with Gasteiger partial charge in [0.05, 0.1) is 18.2 Å². The molecule has 3 heterocycles. The van der Waals surface area contributed by atoms with Gasteiger partial charge < -0.3 is 25.3 Å². The third-order valence-electron chi connectivity index (χ3n) is 7.88. The Kier molecular flexibility index (Phi) is 9.10. The Hall–Kier alpha value is -4.19. The van der Waals surface area contributed by atoms with E-state index in [1.165, 1.54) is 27.4 Å². The molecule has 1 aromatic carbocycles. The number of aromatic nitrogens is 3. The molecule has 0 bridgehead atoms. The lowest BCUT2D eigenvalue weighted by Gasteiger charge is -2.39. The minimum atomic E-state index is -1.46. The summed E-state index contributed by atoms with van der Waals surface area (Å²) in [5.74, 6) is -0.206. The lowest BCUT2D eigenvalue weighted by Crippen LogP contribution is -2.54. The summed E-state index contributed by atoms with van der Waals surface area (Å²) in [5.41, 5.74) is -0.628. The smallest absolute Gasteiger partial charge is 0.330 e. The van der Waals surface area contributed by atoms with Crippen molar-refractivity contribution in [2.75, 3.05) is 13.7 Å². The SMILES string of the molecule is COc1cc(C2(NC(=O)c3cn(C)c(=O)n(C)c3=O)C=CC=C(c3ccccc3Cl)[C@@H]2Cl)ncc1CNCC1CCC(=O)N1. The van der Waals surface area contributed by atoms with Crippen LogP contribution in [0.15, 0.2) is 70.5 Å². The molecule has 1 fully saturated rings. The molecule has 2 aliphatic rings. The molecule has 2 unspecified atom stereocenters. The largest absolute Gasteiger partial charge is 0.496 e. The highest BCUT2D eigenvalue weighted by Crippen LogP contribution is 2.43. The van der Waals surface area contributed by atoms with Gasteiger partial charge in [-0.25, -0.2) is 4.79 Å². The number of rotatable bonds is 9. The van der Waals surface area contributed by atoms with Crippen molar-refractivity contribution in [2.24, 2.45) is 14.1 Å². The lowest BCUT2D eigenvalue weighted by atomic mass is 9.80. The van der Waals surface area contributed by atoms with Crippen molar-refractivity contribution in [3.63, 3.8) is 0 Å². The fourth-order valence-electron chi connectivity index (χ4n) is 5.47. The van der Waals surface area contributed by atoms with E-state index in [9.17, 15) is 19.2 Å². The van der Waals surface area contributed by atoms with Crippen LogP contribution in [0.3, 0.4) is 0 Å². The van der Waals surface area contributed by atoms with E-state index in [0.29, 0.717) is 47.1 Å². The first-order valence-electron chi connectivity index (χ1n) is 14.0. The highest BCUT2D eigenvalue weighted by molar-refractivity contribution is 6.34. The first-order valence-corrected chi connectivity index (χ1v) is 14.8. The molecular formula is C31H32Cl2N6O5. The molecule has 1 aliphatic heterocycles. The number of allylic oxidation sites excluding steroid dienone is 2. The van der Waals surface area contributed by atoms with Gasteiger partial charge in [-0.2, -0.15) is 0 Å². The maximum absolute atomic E-state index is 13.8. The van der Waals surface area contributed by atoms with Gasteiger partial charge in [-0.1, -0.05) is 48.0 Å². The van der Waals surface area contributed by atoms with Crippen LogP contribution >= 0.6 is 23.2 Å². The predicted molar refractivity (Wildman–Crippen MR) is 168 cm³/mol. The number of nitrogens with zero attached hydrogens (tertiary/aromatic N) is 3. The van der Waals surface area contributed by atoms with E-state index in [0.717, 1.165) is 21.1 Å². The summed E-state index contributed by atoms with van der Waals surface area (Å²) in [6, 6.07) is 8.96. The zero-order chi connectivity index (χ0) is 31.6. The number of carbonyl (C=O) groups excluding carboxylic acids is 2. The van der Waals surface area contributed by atoms with Gasteiger partial charge in [0, 0.05) is 68.7 Å². The molecule has 0 spiro atoms. The van der Waals surface area contributed by atoms with E-state index >= 15 is 0 Å². The molecule has 5 rings (SSSR count). The van der Waals surface area contributed by atoms with Crippen molar-refractivity contribution < 1.29 is 14.3 Å². The van der Waals surface area contributed by atoms with E-state index in [-0.39, 0.29) is 17.5 Å². The van der Waals surface area contributed by atoms with E-state index in [1.54, 1.807) is 36.5 Å². The fraction of sp³-hybridized carbons (Fsp3) is 0.323. The fourth-order valence-corrected chi connectivity index (χ4v) is 6.14. The van der Waals surface area contributed by atoms with Crippen LogP contribution in [0.25, 0.3) is 5.57 Å². The normalized spacial score (nSPS) is 21.1. The van der Waals surface area contributed by atoms with Gasteiger partial charge in [0.15, 0.2) is 0 Å². The topological polar surface area (TPSA) is 136 Å². The molecule has 1 saturated heterocycles. The summed E-state index contributed by atoms with van der Waals surface area (Å²) in [6.07, 6.45) is 9.39. The summed E-state index contributed by atoms with van der Waals surface area (Å²) in [5, 5.41) is 8.76. The quantitative estimate of drug-likeness (QED) is 0.306. The number of halogens is 2. The standard InChI is InChI=1S/C31H32Cl2N6O5/c1-38-17-22(29(42)39(2)30(38)43)28(41)37-31(12-6-8-21(27(31)33)20-7-4-5-9-23(20)32)25-13-24(44-3)18(15-35-25)14-34-16-19-10-11-26(40)36-19/h4-9,12-13,15,17,19,27,34H,10-11,14,16H2,1-3H3,(H,36,40)(H,37,41)/t19?,27-,31?/m0/s1. The molecule has 44 heavy (non-hydrogen) atoms. The van der Waals surface area contributed by atoms with Crippen molar-refractivity contribution in [2.45, 2.75) is 36.3 Å². The van der Waals surface area contributed by atoms with Crippen LogP contribution in [0.4, 0.5) is 0 Å². The van der Waals surface area contributed by atoms with E-state index in [1.807, 2.05) is 18.2 Å². The Morgan fingerprint density at radius 2 is 2.00 bits per heavy atom. The highest BCUT2D eigenvalue weighted by atomic mass is 35.5. The van der Waals surface area contributed by atoms with Crippen molar-refractivity contribution in [1.29, 1.82) is 0 Å². The van der Waals surface area contributed by atoms with Gasteiger partial charge in [0.2, 0.25) is 5.91 Å². The summed E-state index contributed by atoms with van der Waals surface area (Å²) in [4.78, 5) is 55.3. The Morgan fingerprint density at radius 1 is 1.23 bits per heavy atom. The van der Waals surface area contributed by atoms with Crippen LogP contribution in [0, 0.1) is 0 Å². The molecule has 3 atom stereocenters. The second-order valence-corrected chi connectivity index (χ2v) is 11.6. The first-order chi connectivity index (χ1) is 21.1. The molecule has 3 aromatic rings. The van der Waals surface area contributed by atoms with Crippen molar-refractivity contribution in [3.05, 3.63) is 109 Å². The Morgan fingerprint density at radius 3 is 2.70 bits per heavy atom. The molecule has 1 aliphatic carbocycles. The van der Waals surface area contributed by atoms with Crippen molar-refractivity contribution >= 4 is 40.6 Å². The molecule has 13 heteroatoms. The molecule has 2 amide bonds. The number of hydrogen-bond acceptors (Lipinski definition) is 7. The maximum atomic E-state index is 13.8. The number of nitrogens with one attached hydrogen (secondary N) is 3. The van der Waals surface area contributed by atoms with Gasteiger partial charge in [-0.15, -0.1) is 11.6 Å². The average molecular weight is 640 g/mol. The highest BCUT2D eigenvalue weighted by Gasteiger charge is 2.45.